The van der Waals surface area contributed by atoms with Crippen molar-refractivity contribution in [3.8, 4) is 0 Å². The number of nitrogens with zero attached hydrogens (tertiary/aromatic N) is 2. The zero-order chi connectivity index (χ0) is 22.3. The van der Waals surface area contributed by atoms with E-state index in [0.717, 1.165) is 4.31 Å². The van der Waals surface area contributed by atoms with Crippen molar-refractivity contribution in [2.45, 2.75) is 25.7 Å². The van der Waals surface area contributed by atoms with Gasteiger partial charge in [0.15, 0.2) is 6.61 Å². The molecule has 0 aromatic carbocycles. The average Bonchev–Trinajstić information content (AvgIpc) is 3.02. The van der Waals surface area contributed by atoms with E-state index < -0.39 is 52.6 Å². The van der Waals surface area contributed by atoms with Gasteiger partial charge in [-0.05, 0) is 12.8 Å². The molecule has 0 aromatic heterocycles. The lowest BCUT2D eigenvalue weighted by molar-refractivity contribution is -0.199. The van der Waals surface area contributed by atoms with E-state index in [1.165, 1.54) is 6.08 Å². The highest BCUT2D eigenvalue weighted by Crippen LogP contribution is 2.20. The molecule has 1 N–H and O–H groups in total. The minimum Gasteiger partial charge on any atom is -0.461 e. The van der Waals surface area contributed by atoms with Crippen LogP contribution in [0, 0.1) is 5.92 Å². The summed E-state index contributed by atoms with van der Waals surface area (Å²) in [7, 11) is -4.27. The molecule has 2 saturated heterocycles. The second-order valence-electron chi connectivity index (χ2n) is 6.32. The number of ether oxygens (including phenoxy) is 2. The maximum absolute atomic E-state index is 12.2. The summed E-state index contributed by atoms with van der Waals surface area (Å²) in [6, 6.07) is 0. The normalized spacial score (nSPS) is 18.1. The molecule has 3 amide bonds. The maximum Gasteiger partial charge on any atom is 0.422 e. The Morgan fingerprint density at radius 1 is 1.10 bits per heavy atom. The van der Waals surface area contributed by atoms with Crippen molar-refractivity contribution in [3.05, 3.63) is 12.7 Å². The first kappa shape index (κ1) is 23.3. The van der Waals surface area contributed by atoms with Crippen LogP contribution in [-0.2, 0) is 43.7 Å². The molecule has 0 aliphatic carbocycles. The number of amides is 3. The molecule has 0 aromatic rings. The Hall–Kier alpha value is -3.00. The van der Waals surface area contributed by atoms with E-state index in [-0.39, 0.29) is 50.4 Å². The molecular weight excluding hydrogens is 426 g/mol. The average molecular weight is 447 g/mol. The number of hydroxylamine groups is 2. The zero-order valence-corrected chi connectivity index (χ0v) is 16.7. The number of hydrogen-bond acceptors (Lipinski definition) is 10. The molecule has 14 heteroatoms. The van der Waals surface area contributed by atoms with Gasteiger partial charge in [0.2, 0.25) is 0 Å². The highest BCUT2D eigenvalue weighted by molar-refractivity contribution is 7.87. The van der Waals surface area contributed by atoms with Crippen molar-refractivity contribution in [2.24, 2.45) is 5.92 Å². The van der Waals surface area contributed by atoms with Crippen molar-refractivity contribution in [1.82, 2.24) is 14.1 Å². The fraction of sp³-hybridized carbons (Fsp3) is 0.562. The molecule has 0 radical (unpaired) electrons. The third-order valence-electron chi connectivity index (χ3n) is 4.20. The third kappa shape index (κ3) is 6.25. The minimum atomic E-state index is -4.27. The molecule has 0 bridgehead atoms. The van der Waals surface area contributed by atoms with Gasteiger partial charge in [0.25, 0.3) is 11.8 Å². The molecule has 30 heavy (non-hydrogen) atoms. The van der Waals surface area contributed by atoms with Crippen molar-refractivity contribution in [3.63, 3.8) is 0 Å². The fourth-order valence-corrected chi connectivity index (χ4v) is 3.79. The SMILES string of the molecule is C=CCOC(=O)C1CCN(S(=O)(=O)NC(=O)OCC(=O)ON2C(=O)CCC2=O)CC1. The summed E-state index contributed by atoms with van der Waals surface area (Å²) in [5.74, 6) is -3.57. The third-order valence-corrected chi connectivity index (χ3v) is 5.67. The van der Waals surface area contributed by atoms with Gasteiger partial charge in [0.1, 0.15) is 6.61 Å². The molecule has 166 valence electrons. The van der Waals surface area contributed by atoms with E-state index >= 15 is 0 Å². The van der Waals surface area contributed by atoms with Gasteiger partial charge in [0.05, 0.1) is 5.92 Å². The lowest BCUT2D eigenvalue weighted by Gasteiger charge is -2.29. The number of imide groups is 1. The monoisotopic (exact) mass is 447 g/mol. The largest absolute Gasteiger partial charge is 0.461 e. The second kappa shape index (κ2) is 10.2. The molecule has 0 unspecified atom stereocenters. The summed E-state index contributed by atoms with van der Waals surface area (Å²) in [5.41, 5.74) is 0. The first-order valence-electron chi connectivity index (χ1n) is 8.92. The molecule has 0 spiro atoms. The van der Waals surface area contributed by atoms with Gasteiger partial charge in [-0.15, -0.1) is 5.06 Å². The molecular formula is C16H21N3O10S. The van der Waals surface area contributed by atoms with Crippen LogP contribution in [0.4, 0.5) is 4.79 Å². The first-order valence-corrected chi connectivity index (χ1v) is 10.4. The number of rotatable bonds is 8. The molecule has 0 atom stereocenters. The minimum absolute atomic E-state index is 0.0301. The number of piperidine rings is 1. The van der Waals surface area contributed by atoms with Gasteiger partial charge in [-0.2, -0.15) is 12.7 Å². The van der Waals surface area contributed by atoms with Gasteiger partial charge < -0.3 is 14.3 Å². The first-order chi connectivity index (χ1) is 14.1. The fourth-order valence-electron chi connectivity index (χ4n) is 2.70. The smallest absolute Gasteiger partial charge is 0.422 e. The Morgan fingerprint density at radius 3 is 2.27 bits per heavy atom. The summed E-state index contributed by atoms with van der Waals surface area (Å²) in [6.07, 6.45) is 0.178. The van der Waals surface area contributed by atoms with E-state index in [9.17, 15) is 32.4 Å². The van der Waals surface area contributed by atoms with Crippen LogP contribution in [0.5, 0.6) is 0 Å². The second-order valence-corrected chi connectivity index (χ2v) is 7.99. The summed E-state index contributed by atoms with van der Waals surface area (Å²) in [6.45, 7) is 2.41. The van der Waals surface area contributed by atoms with Gasteiger partial charge >= 0.3 is 28.2 Å². The van der Waals surface area contributed by atoms with Crippen molar-refractivity contribution >= 4 is 40.1 Å². The number of hydrogen-bond donors (Lipinski definition) is 1. The quantitative estimate of drug-likeness (QED) is 0.277. The summed E-state index contributed by atoms with van der Waals surface area (Å²) < 4.78 is 36.4. The van der Waals surface area contributed by atoms with E-state index in [4.69, 9.17) is 4.74 Å². The highest BCUT2D eigenvalue weighted by atomic mass is 32.2. The van der Waals surface area contributed by atoms with Crippen LogP contribution in [0.25, 0.3) is 0 Å². The Labute approximate surface area is 172 Å². The maximum atomic E-state index is 12.2. The predicted octanol–water partition coefficient (Wildman–Crippen LogP) is -0.994. The van der Waals surface area contributed by atoms with E-state index in [1.54, 1.807) is 4.72 Å². The van der Waals surface area contributed by atoms with E-state index in [1.807, 2.05) is 0 Å². The number of nitrogens with one attached hydrogen (secondary N) is 1. The topological polar surface area (TPSA) is 166 Å². The number of esters is 1. The van der Waals surface area contributed by atoms with Crippen LogP contribution in [0.3, 0.4) is 0 Å². The Balaban J connectivity index is 1.75. The lowest BCUT2D eigenvalue weighted by Crippen LogP contribution is -2.48. The van der Waals surface area contributed by atoms with Crippen LogP contribution < -0.4 is 4.72 Å². The molecule has 2 aliphatic rings. The number of carbonyl (C=O) groups is 5. The lowest BCUT2D eigenvalue weighted by atomic mass is 9.98. The molecule has 2 heterocycles. The summed E-state index contributed by atoms with van der Waals surface area (Å²) >= 11 is 0. The molecule has 0 saturated carbocycles. The zero-order valence-electron chi connectivity index (χ0n) is 15.9. The van der Waals surface area contributed by atoms with Crippen molar-refractivity contribution in [1.29, 1.82) is 0 Å². The van der Waals surface area contributed by atoms with Crippen LogP contribution in [-0.4, -0.2) is 73.9 Å². The summed E-state index contributed by atoms with van der Waals surface area (Å²) in [4.78, 5) is 62.2. The van der Waals surface area contributed by atoms with Crippen LogP contribution in [0.15, 0.2) is 12.7 Å². The highest BCUT2D eigenvalue weighted by Gasteiger charge is 2.34. The van der Waals surface area contributed by atoms with Crippen LogP contribution in [0.1, 0.15) is 25.7 Å². The molecule has 2 rings (SSSR count). The summed E-state index contributed by atoms with van der Waals surface area (Å²) in [5, 5.41) is 0.268. The Kier molecular flexibility index (Phi) is 7.88. The molecule has 13 nitrogen and oxygen atoms in total. The van der Waals surface area contributed by atoms with Gasteiger partial charge in [-0.1, -0.05) is 12.7 Å². The van der Waals surface area contributed by atoms with Gasteiger partial charge in [-0.3, -0.25) is 14.4 Å². The van der Waals surface area contributed by atoms with Crippen LogP contribution in [0.2, 0.25) is 0 Å². The molecule has 2 aliphatic heterocycles. The van der Waals surface area contributed by atoms with E-state index in [0.29, 0.717) is 0 Å². The van der Waals surface area contributed by atoms with Gasteiger partial charge in [0, 0.05) is 25.9 Å². The standard InChI is InChI=1S/C16H21N3O10S/c1-2-9-27-15(23)11-5-7-18(8-6-11)30(25,26)17-16(24)28-10-14(22)29-19-12(20)3-4-13(19)21/h2,11H,1,3-10H2,(H,17,24). The van der Waals surface area contributed by atoms with Crippen molar-refractivity contribution < 1.29 is 46.7 Å². The van der Waals surface area contributed by atoms with E-state index in [2.05, 4.69) is 16.2 Å². The van der Waals surface area contributed by atoms with Crippen LogP contribution >= 0.6 is 0 Å². The Morgan fingerprint density at radius 2 is 1.70 bits per heavy atom. The molecule has 2 fully saturated rings. The van der Waals surface area contributed by atoms with Gasteiger partial charge in [-0.25, -0.2) is 14.3 Å². The van der Waals surface area contributed by atoms with Crippen molar-refractivity contribution in [2.75, 3.05) is 26.3 Å². The predicted molar refractivity (Wildman–Crippen MR) is 96.0 cm³/mol. The number of carbonyl (C=O) groups excluding carboxylic acids is 5. The Bertz CT molecular complexity index is 816.